The van der Waals surface area contributed by atoms with E-state index < -0.39 is 5.54 Å². The van der Waals surface area contributed by atoms with Gasteiger partial charge in [-0.3, -0.25) is 5.32 Å². The fraction of sp³-hybridized carbons (Fsp3) is 0.917. The first kappa shape index (κ1) is 13.2. The van der Waals surface area contributed by atoms with Gasteiger partial charge in [-0.15, -0.1) is 0 Å². The van der Waals surface area contributed by atoms with Crippen molar-refractivity contribution in [2.75, 3.05) is 13.6 Å². The molecule has 17 heavy (non-hydrogen) atoms. The quantitative estimate of drug-likeness (QED) is 0.574. The highest BCUT2D eigenvalue weighted by molar-refractivity contribution is 7.75. The van der Waals surface area contributed by atoms with Crippen LogP contribution in [0, 0.1) is 11.8 Å². The molecule has 0 spiro atoms. The third-order valence-corrected chi connectivity index (χ3v) is 4.98. The van der Waals surface area contributed by atoms with Gasteiger partial charge in [0.25, 0.3) is 0 Å². The van der Waals surface area contributed by atoms with Gasteiger partial charge in [0, 0.05) is 37.5 Å². The maximum atomic E-state index is 12.1. The van der Waals surface area contributed by atoms with Gasteiger partial charge in [0.2, 0.25) is 0 Å². The third kappa shape index (κ3) is 1.71. The van der Waals surface area contributed by atoms with Crippen molar-refractivity contribution in [3.63, 3.8) is 0 Å². The molecular weight excluding hydrogens is 236 g/mol. The van der Waals surface area contributed by atoms with E-state index in [1.807, 2.05) is 0 Å². The highest BCUT2D eigenvalue weighted by Gasteiger charge is 2.63. The van der Waals surface area contributed by atoms with Crippen molar-refractivity contribution in [2.24, 2.45) is 11.8 Å². The second-order valence-corrected chi connectivity index (χ2v) is 5.73. The molecule has 0 aliphatic carbocycles. The van der Waals surface area contributed by atoms with Crippen molar-refractivity contribution in [1.82, 2.24) is 10.2 Å². The summed E-state index contributed by atoms with van der Waals surface area (Å²) in [7, 11) is 2.06. The number of likely N-dealkylation sites (N-methyl/N-ethyl adjacent to an activating group) is 1. The summed E-state index contributed by atoms with van der Waals surface area (Å²) in [6, 6.07) is 0.782. The maximum Gasteiger partial charge on any atom is 0.339 e. The zero-order valence-electron chi connectivity index (χ0n) is 10.9. The van der Waals surface area contributed by atoms with Crippen molar-refractivity contribution in [3.05, 3.63) is 0 Å². The molecule has 5 heteroatoms. The van der Waals surface area contributed by atoms with Crippen LogP contribution in [0.3, 0.4) is 0 Å². The van der Waals surface area contributed by atoms with E-state index in [0.29, 0.717) is 30.5 Å². The normalized spacial score (nSPS) is 45.9. The van der Waals surface area contributed by atoms with Crippen LogP contribution < -0.4 is 5.32 Å². The molecule has 2 rings (SSSR count). The monoisotopic (exact) mass is 258 g/mol. The standard InChI is InChI=1S/C12H22N2O2S/c1-5-9-7(2)10-8(3)14(4)6-12(10,13-9)11(15)16-17/h7-10,13,17H,5-6H2,1-4H3. The molecular formula is C12H22N2O2S. The molecule has 0 aromatic heterocycles. The highest BCUT2D eigenvalue weighted by atomic mass is 32.1. The van der Waals surface area contributed by atoms with Crippen molar-refractivity contribution in [3.8, 4) is 0 Å². The van der Waals surface area contributed by atoms with E-state index in [9.17, 15) is 4.79 Å². The van der Waals surface area contributed by atoms with E-state index >= 15 is 0 Å². The van der Waals surface area contributed by atoms with E-state index in [1.54, 1.807) is 0 Å². The Balaban J connectivity index is 2.37. The number of carbonyl (C=O) groups excluding carboxylic acids is 1. The first-order chi connectivity index (χ1) is 7.97. The van der Waals surface area contributed by atoms with Gasteiger partial charge in [-0.05, 0) is 26.3 Å². The Labute approximate surface area is 109 Å². The fourth-order valence-electron chi connectivity index (χ4n) is 3.89. The molecule has 0 aromatic carbocycles. The topological polar surface area (TPSA) is 41.6 Å². The Morgan fingerprint density at radius 2 is 2.24 bits per heavy atom. The summed E-state index contributed by atoms with van der Waals surface area (Å²) in [4.78, 5) is 14.4. The van der Waals surface area contributed by atoms with Crippen LogP contribution >= 0.6 is 12.9 Å². The summed E-state index contributed by atoms with van der Waals surface area (Å²) >= 11 is 3.71. The fourth-order valence-corrected chi connectivity index (χ4v) is 4.05. The molecule has 2 aliphatic rings. The first-order valence-electron chi connectivity index (χ1n) is 6.31. The molecule has 0 amide bonds. The Morgan fingerprint density at radius 3 is 2.76 bits per heavy atom. The van der Waals surface area contributed by atoms with Crippen LogP contribution in [0.15, 0.2) is 0 Å². The van der Waals surface area contributed by atoms with E-state index in [1.165, 1.54) is 0 Å². The van der Waals surface area contributed by atoms with Gasteiger partial charge in [-0.1, -0.05) is 13.8 Å². The summed E-state index contributed by atoms with van der Waals surface area (Å²) < 4.78 is 4.74. The Hall–Kier alpha value is -0.260. The number of hydrogen-bond donors (Lipinski definition) is 2. The average molecular weight is 258 g/mol. The minimum absolute atomic E-state index is 0.232. The van der Waals surface area contributed by atoms with Crippen LogP contribution in [-0.2, 0) is 8.98 Å². The Kier molecular flexibility index (Phi) is 3.45. The molecule has 2 heterocycles. The molecule has 1 N–H and O–H groups in total. The number of rotatable bonds is 2. The molecule has 0 saturated carbocycles. The molecule has 98 valence electrons. The van der Waals surface area contributed by atoms with Crippen LogP contribution in [-0.4, -0.2) is 42.1 Å². The van der Waals surface area contributed by atoms with E-state index in [-0.39, 0.29) is 5.97 Å². The number of nitrogens with zero attached hydrogens (tertiary/aromatic N) is 1. The van der Waals surface area contributed by atoms with Crippen LogP contribution in [0.1, 0.15) is 27.2 Å². The molecule has 0 radical (unpaired) electrons. The third-order valence-electron chi connectivity index (χ3n) is 4.81. The minimum Gasteiger partial charge on any atom is -0.393 e. The lowest BCUT2D eigenvalue weighted by Gasteiger charge is -2.27. The number of nitrogens with one attached hydrogen (secondary N) is 1. The zero-order valence-corrected chi connectivity index (χ0v) is 11.8. The van der Waals surface area contributed by atoms with Gasteiger partial charge in [0.1, 0.15) is 5.54 Å². The lowest BCUT2D eigenvalue weighted by atomic mass is 9.78. The second-order valence-electron chi connectivity index (χ2n) is 5.55. The van der Waals surface area contributed by atoms with Gasteiger partial charge < -0.3 is 9.08 Å². The zero-order chi connectivity index (χ0) is 12.8. The smallest absolute Gasteiger partial charge is 0.339 e. The molecule has 4 nitrogen and oxygen atoms in total. The van der Waals surface area contributed by atoms with Crippen LogP contribution in [0.25, 0.3) is 0 Å². The van der Waals surface area contributed by atoms with Gasteiger partial charge in [-0.2, -0.15) is 0 Å². The molecule has 2 aliphatic heterocycles. The summed E-state index contributed by atoms with van der Waals surface area (Å²) in [6.45, 7) is 7.28. The minimum atomic E-state index is -0.560. The summed E-state index contributed by atoms with van der Waals surface area (Å²) in [5, 5.41) is 3.51. The molecule has 5 unspecified atom stereocenters. The number of thiol groups is 1. The molecule has 5 atom stereocenters. The van der Waals surface area contributed by atoms with E-state index in [4.69, 9.17) is 4.18 Å². The van der Waals surface area contributed by atoms with E-state index in [0.717, 1.165) is 6.42 Å². The van der Waals surface area contributed by atoms with Gasteiger partial charge in [-0.25, -0.2) is 4.79 Å². The predicted molar refractivity (Wildman–Crippen MR) is 69.8 cm³/mol. The number of likely N-dealkylation sites (tertiary alicyclic amines) is 1. The molecule has 2 saturated heterocycles. The summed E-state index contributed by atoms with van der Waals surface area (Å²) in [5.41, 5.74) is -0.560. The number of fused-ring (bicyclic) bond motifs is 1. The second kappa shape index (κ2) is 4.44. The predicted octanol–water partition coefficient (Wildman–Crippen LogP) is 1.08. The SMILES string of the molecule is CCC1NC2(C(=O)OS)CN(C)C(C)C2C1C. The van der Waals surface area contributed by atoms with E-state index in [2.05, 4.69) is 50.9 Å². The lowest BCUT2D eigenvalue weighted by molar-refractivity contribution is -0.140. The Bertz CT molecular complexity index is 326. The number of hydrogen-bond acceptors (Lipinski definition) is 5. The van der Waals surface area contributed by atoms with Gasteiger partial charge >= 0.3 is 5.97 Å². The average Bonchev–Trinajstić information content (AvgIpc) is 2.73. The van der Waals surface area contributed by atoms with Gasteiger partial charge in [0.15, 0.2) is 0 Å². The highest BCUT2D eigenvalue weighted by Crippen LogP contribution is 2.45. The molecule has 2 fully saturated rings. The van der Waals surface area contributed by atoms with Crippen LogP contribution in [0.4, 0.5) is 0 Å². The molecule has 0 aromatic rings. The van der Waals surface area contributed by atoms with Crippen molar-refractivity contribution < 1.29 is 8.98 Å². The number of carbonyl (C=O) groups is 1. The van der Waals surface area contributed by atoms with Crippen LogP contribution in [0.2, 0.25) is 0 Å². The largest absolute Gasteiger partial charge is 0.393 e. The molecule has 0 bridgehead atoms. The van der Waals surface area contributed by atoms with Crippen molar-refractivity contribution in [1.29, 1.82) is 0 Å². The Morgan fingerprint density at radius 1 is 1.59 bits per heavy atom. The first-order valence-corrected chi connectivity index (χ1v) is 6.68. The summed E-state index contributed by atoms with van der Waals surface area (Å²) in [6.07, 6.45) is 1.04. The maximum absolute atomic E-state index is 12.1. The lowest BCUT2D eigenvalue weighted by Crippen LogP contribution is -2.55. The van der Waals surface area contributed by atoms with Gasteiger partial charge in [0.05, 0.1) is 0 Å². The summed E-state index contributed by atoms with van der Waals surface area (Å²) in [5.74, 6) is 0.550. The van der Waals surface area contributed by atoms with Crippen molar-refractivity contribution >= 4 is 18.9 Å². The van der Waals surface area contributed by atoms with Crippen LogP contribution in [0.5, 0.6) is 0 Å². The van der Waals surface area contributed by atoms with Crippen molar-refractivity contribution in [2.45, 2.75) is 44.8 Å².